The number of aliphatic hydroxyl groups excluding tert-OH is 1. The maximum Gasteiger partial charge on any atom is 0.137 e. The SMILES string of the molecule is CC(O)C1CCN(CC2CCCC2=O)C1. The average molecular weight is 211 g/mol. The molecule has 0 aromatic carbocycles. The van der Waals surface area contributed by atoms with Gasteiger partial charge in [0.15, 0.2) is 0 Å². The second kappa shape index (κ2) is 4.62. The highest BCUT2D eigenvalue weighted by atomic mass is 16.3. The molecule has 86 valence electrons. The van der Waals surface area contributed by atoms with Crippen LogP contribution in [0.2, 0.25) is 0 Å². The van der Waals surface area contributed by atoms with E-state index in [1.165, 1.54) is 0 Å². The predicted molar refractivity (Wildman–Crippen MR) is 58.6 cm³/mol. The van der Waals surface area contributed by atoms with Gasteiger partial charge in [0, 0.05) is 25.4 Å². The standard InChI is InChI=1S/C12H21NO2/c1-9(14)10-5-6-13(7-10)8-11-3-2-4-12(11)15/h9-11,14H,2-8H2,1H3. The molecule has 1 aliphatic carbocycles. The Morgan fingerprint density at radius 1 is 1.53 bits per heavy atom. The van der Waals surface area contributed by atoms with Gasteiger partial charge in [-0.25, -0.2) is 0 Å². The van der Waals surface area contributed by atoms with E-state index in [1.807, 2.05) is 6.92 Å². The number of rotatable bonds is 3. The van der Waals surface area contributed by atoms with Gasteiger partial charge in [-0.05, 0) is 38.6 Å². The van der Waals surface area contributed by atoms with Gasteiger partial charge in [-0.2, -0.15) is 0 Å². The molecule has 1 aliphatic heterocycles. The molecule has 3 unspecified atom stereocenters. The zero-order valence-corrected chi connectivity index (χ0v) is 9.48. The lowest BCUT2D eigenvalue weighted by Crippen LogP contribution is -2.30. The highest BCUT2D eigenvalue weighted by Gasteiger charge is 2.31. The minimum absolute atomic E-state index is 0.200. The van der Waals surface area contributed by atoms with Crippen LogP contribution in [0.3, 0.4) is 0 Å². The van der Waals surface area contributed by atoms with E-state index in [0.29, 0.717) is 11.7 Å². The Kier molecular flexibility index (Phi) is 3.42. The summed E-state index contributed by atoms with van der Waals surface area (Å²) in [6.07, 6.45) is 3.83. The minimum Gasteiger partial charge on any atom is -0.393 e. The summed E-state index contributed by atoms with van der Waals surface area (Å²) in [6, 6.07) is 0. The molecule has 1 heterocycles. The number of carbonyl (C=O) groups is 1. The van der Waals surface area contributed by atoms with Crippen LogP contribution in [0, 0.1) is 11.8 Å². The van der Waals surface area contributed by atoms with Gasteiger partial charge in [-0.1, -0.05) is 0 Å². The second-order valence-corrected chi connectivity index (χ2v) is 5.10. The molecule has 2 aliphatic rings. The Balaban J connectivity index is 1.79. The van der Waals surface area contributed by atoms with E-state index in [0.717, 1.165) is 45.3 Å². The van der Waals surface area contributed by atoms with Crippen LogP contribution < -0.4 is 0 Å². The fourth-order valence-electron chi connectivity index (χ4n) is 2.81. The Morgan fingerprint density at radius 3 is 2.87 bits per heavy atom. The third-order valence-electron chi connectivity index (χ3n) is 3.90. The Morgan fingerprint density at radius 2 is 2.33 bits per heavy atom. The first-order valence-electron chi connectivity index (χ1n) is 6.10. The molecule has 0 amide bonds. The van der Waals surface area contributed by atoms with Gasteiger partial charge < -0.3 is 10.0 Å². The van der Waals surface area contributed by atoms with Crippen molar-refractivity contribution < 1.29 is 9.90 Å². The largest absolute Gasteiger partial charge is 0.393 e. The summed E-state index contributed by atoms with van der Waals surface area (Å²) in [4.78, 5) is 13.9. The second-order valence-electron chi connectivity index (χ2n) is 5.10. The molecule has 0 spiro atoms. The number of nitrogens with zero attached hydrogens (tertiary/aromatic N) is 1. The number of Topliss-reactive ketones (excluding diaryl/α,β-unsaturated/α-hetero) is 1. The zero-order chi connectivity index (χ0) is 10.8. The maximum atomic E-state index is 11.5. The number of ketones is 1. The van der Waals surface area contributed by atoms with E-state index in [9.17, 15) is 9.90 Å². The number of hydrogen-bond acceptors (Lipinski definition) is 3. The van der Waals surface area contributed by atoms with E-state index in [1.54, 1.807) is 0 Å². The lowest BCUT2D eigenvalue weighted by atomic mass is 10.0. The van der Waals surface area contributed by atoms with E-state index >= 15 is 0 Å². The molecule has 0 aromatic heterocycles. The van der Waals surface area contributed by atoms with Gasteiger partial charge in [0.25, 0.3) is 0 Å². The van der Waals surface area contributed by atoms with Gasteiger partial charge in [-0.15, -0.1) is 0 Å². The van der Waals surface area contributed by atoms with Gasteiger partial charge in [-0.3, -0.25) is 4.79 Å². The van der Waals surface area contributed by atoms with Crippen LogP contribution in [0.1, 0.15) is 32.6 Å². The normalized spacial score (nSPS) is 34.9. The molecule has 3 nitrogen and oxygen atoms in total. The lowest BCUT2D eigenvalue weighted by Gasteiger charge is -2.20. The minimum atomic E-state index is -0.200. The Bertz CT molecular complexity index is 240. The van der Waals surface area contributed by atoms with Crippen molar-refractivity contribution in [2.45, 2.75) is 38.7 Å². The maximum absolute atomic E-state index is 11.5. The van der Waals surface area contributed by atoms with Crippen LogP contribution in [0.25, 0.3) is 0 Å². The molecular formula is C12H21NO2. The molecule has 3 heteroatoms. The summed E-state index contributed by atoms with van der Waals surface area (Å²) in [5.41, 5.74) is 0. The van der Waals surface area contributed by atoms with E-state index in [2.05, 4.69) is 4.90 Å². The molecule has 0 radical (unpaired) electrons. The van der Waals surface area contributed by atoms with E-state index in [4.69, 9.17) is 0 Å². The fraction of sp³-hybridized carbons (Fsp3) is 0.917. The summed E-state index contributed by atoms with van der Waals surface area (Å²) in [6.45, 7) is 4.83. The Hall–Kier alpha value is -0.410. The summed E-state index contributed by atoms with van der Waals surface area (Å²) in [5, 5.41) is 9.49. The molecule has 2 fully saturated rings. The van der Waals surface area contributed by atoms with Gasteiger partial charge >= 0.3 is 0 Å². The van der Waals surface area contributed by atoms with Crippen molar-refractivity contribution in [2.75, 3.05) is 19.6 Å². The van der Waals surface area contributed by atoms with Crippen molar-refractivity contribution >= 4 is 5.78 Å². The van der Waals surface area contributed by atoms with Crippen LogP contribution in [0.15, 0.2) is 0 Å². The molecule has 0 aromatic rings. The van der Waals surface area contributed by atoms with Crippen molar-refractivity contribution in [3.8, 4) is 0 Å². The van der Waals surface area contributed by atoms with Crippen molar-refractivity contribution in [3.05, 3.63) is 0 Å². The monoisotopic (exact) mass is 211 g/mol. The van der Waals surface area contributed by atoms with E-state index < -0.39 is 0 Å². The van der Waals surface area contributed by atoms with Gasteiger partial charge in [0.2, 0.25) is 0 Å². The van der Waals surface area contributed by atoms with Gasteiger partial charge in [0.05, 0.1) is 6.10 Å². The topological polar surface area (TPSA) is 40.5 Å². The molecular weight excluding hydrogens is 190 g/mol. The van der Waals surface area contributed by atoms with Crippen molar-refractivity contribution in [1.29, 1.82) is 0 Å². The highest BCUT2D eigenvalue weighted by Crippen LogP contribution is 2.26. The number of hydrogen-bond donors (Lipinski definition) is 1. The molecule has 1 saturated carbocycles. The van der Waals surface area contributed by atoms with Crippen molar-refractivity contribution in [3.63, 3.8) is 0 Å². The first kappa shape index (κ1) is 11.1. The predicted octanol–water partition coefficient (Wildman–Crippen LogP) is 1.06. The summed E-state index contributed by atoms with van der Waals surface area (Å²) >= 11 is 0. The molecule has 2 rings (SSSR count). The van der Waals surface area contributed by atoms with E-state index in [-0.39, 0.29) is 12.0 Å². The van der Waals surface area contributed by atoms with Crippen LogP contribution in [0.4, 0.5) is 0 Å². The smallest absolute Gasteiger partial charge is 0.137 e. The fourth-order valence-corrected chi connectivity index (χ4v) is 2.81. The summed E-state index contributed by atoms with van der Waals surface area (Å²) < 4.78 is 0. The quantitative estimate of drug-likeness (QED) is 0.759. The van der Waals surface area contributed by atoms with Crippen LogP contribution in [0.5, 0.6) is 0 Å². The number of carbonyl (C=O) groups excluding carboxylic acids is 1. The molecule has 15 heavy (non-hydrogen) atoms. The zero-order valence-electron chi connectivity index (χ0n) is 9.48. The van der Waals surface area contributed by atoms with Crippen LogP contribution >= 0.6 is 0 Å². The lowest BCUT2D eigenvalue weighted by molar-refractivity contribution is -0.121. The summed E-state index contributed by atoms with van der Waals surface area (Å²) in [5.74, 6) is 1.16. The van der Waals surface area contributed by atoms with Gasteiger partial charge in [0.1, 0.15) is 5.78 Å². The molecule has 3 atom stereocenters. The first-order valence-corrected chi connectivity index (χ1v) is 6.10. The van der Waals surface area contributed by atoms with Crippen molar-refractivity contribution in [2.24, 2.45) is 11.8 Å². The molecule has 0 bridgehead atoms. The van der Waals surface area contributed by atoms with Crippen molar-refractivity contribution in [1.82, 2.24) is 4.90 Å². The van der Waals surface area contributed by atoms with Crippen LogP contribution in [-0.4, -0.2) is 41.5 Å². The van der Waals surface area contributed by atoms with Crippen LogP contribution in [-0.2, 0) is 4.79 Å². The molecule has 1 N–H and O–H groups in total. The number of likely N-dealkylation sites (tertiary alicyclic amines) is 1. The summed E-state index contributed by atoms with van der Waals surface area (Å²) in [7, 11) is 0. The highest BCUT2D eigenvalue weighted by molar-refractivity contribution is 5.83. The average Bonchev–Trinajstić information content (AvgIpc) is 2.77. The third-order valence-corrected chi connectivity index (χ3v) is 3.90. The first-order chi connectivity index (χ1) is 7.16. The Labute approximate surface area is 91.5 Å². The molecule has 1 saturated heterocycles. The number of aliphatic hydroxyl groups is 1. The third kappa shape index (κ3) is 2.58.